The molecule has 0 heterocycles. The fourth-order valence-corrected chi connectivity index (χ4v) is 3.46. The first-order chi connectivity index (χ1) is 11.4. The molecule has 0 spiro atoms. The van der Waals surface area contributed by atoms with Crippen LogP contribution in [-0.2, 0) is 19.9 Å². The second kappa shape index (κ2) is 6.46. The summed E-state index contributed by atoms with van der Waals surface area (Å²) in [5.41, 5.74) is -1.06. The summed E-state index contributed by atoms with van der Waals surface area (Å²) in [5.74, 6) is 0. The maximum Gasteiger partial charge on any atom is 0.422 e. The molecule has 0 amide bonds. The van der Waals surface area contributed by atoms with Gasteiger partial charge < -0.3 is 0 Å². The molecular weight excluding hydrogens is 353 g/mol. The van der Waals surface area contributed by atoms with Gasteiger partial charge in [0.25, 0.3) is 10.1 Å². The Bertz CT molecular complexity index is 871. The molecule has 2 aromatic rings. The standard InChI is InChI=1S/C18H19F3O3S/c1-12-5-9-16(10-6-12)25(22,23)24-17(4,18(19,20)21)15-8-7-13(2)14(3)11-15/h5-11H,1-4H3. The molecule has 0 aromatic heterocycles. The molecule has 136 valence electrons. The van der Waals surface area contributed by atoms with E-state index in [0.29, 0.717) is 5.56 Å². The molecule has 0 N–H and O–H groups in total. The molecule has 0 fully saturated rings. The highest BCUT2D eigenvalue weighted by molar-refractivity contribution is 7.86. The third-order valence-electron chi connectivity index (χ3n) is 4.18. The van der Waals surface area contributed by atoms with Crippen LogP contribution in [0.15, 0.2) is 47.4 Å². The van der Waals surface area contributed by atoms with E-state index in [1.807, 2.05) is 0 Å². The van der Waals surface area contributed by atoms with E-state index in [9.17, 15) is 21.6 Å². The van der Waals surface area contributed by atoms with Gasteiger partial charge in [0.05, 0.1) is 4.90 Å². The normalized spacial score (nSPS) is 15.0. The zero-order valence-corrected chi connectivity index (χ0v) is 15.1. The Morgan fingerprint density at radius 3 is 1.92 bits per heavy atom. The fraction of sp³-hybridized carbons (Fsp3) is 0.333. The summed E-state index contributed by atoms with van der Waals surface area (Å²) in [7, 11) is -4.61. The quantitative estimate of drug-likeness (QED) is 0.725. The first-order valence-corrected chi connectivity index (χ1v) is 8.94. The van der Waals surface area contributed by atoms with E-state index in [1.165, 1.54) is 42.5 Å². The van der Waals surface area contributed by atoms with Crippen LogP contribution in [-0.4, -0.2) is 14.6 Å². The minimum Gasteiger partial charge on any atom is -0.245 e. The van der Waals surface area contributed by atoms with E-state index < -0.39 is 21.9 Å². The molecule has 7 heteroatoms. The van der Waals surface area contributed by atoms with Crippen LogP contribution in [0.25, 0.3) is 0 Å². The summed E-state index contributed by atoms with van der Waals surface area (Å²) < 4.78 is 70.8. The van der Waals surface area contributed by atoms with Gasteiger partial charge in [-0.25, -0.2) is 4.18 Å². The number of rotatable bonds is 4. The number of hydrogen-bond donors (Lipinski definition) is 0. The Balaban J connectivity index is 2.54. The molecule has 0 aliphatic rings. The Morgan fingerprint density at radius 1 is 0.880 bits per heavy atom. The molecule has 0 aliphatic heterocycles. The zero-order chi connectivity index (χ0) is 19.0. The molecule has 0 saturated carbocycles. The second-order valence-electron chi connectivity index (χ2n) is 6.18. The molecule has 0 saturated heterocycles. The van der Waals surface area contributed by atoms with Crippen LogP contribution in [0.1, 0.15) is 29.2 Å². The van der Waals surface area contributed by atoms with E-state index in [2.05, 4.69) is 0 Å². The Kier molecular flexibility index (Phi) is 5.03. The van der Waals surface area contributed by atoms with Crippen molar-refractivity contribution in [1.82, 2.24) is 0 Å². The van der Waals surface area contributed by atoms with Crippen molar-refractivity contribution in [3.63, 3.8) is 0 Å². The van der Waals surface area contributed by atoms with Gasteiger partial charge in [-0.1, -0.05) is 35.9 Å². The summed E-state index contributed by atoms with van der Waals surface area (Å²) in [6.45, 7) is 5.88. The van der Waals surface area contributed by atoms with Gasteiger partial charge in [-0.15, -0.1) is 0 Å². The van der Waals surface area contributed by atoms with Gasteiger partial charge in [-0.2, -0.15) is 21.6 Å². The molecule has 2 rings (SSSR count). The van der Waals surface area contributed by atoms with E-state index in [0.717, 1.165) is 18.1 Å². The van der Waals surface area contributed by atoms with Crippen molar-refractivity contribution in [3.8, 4) is 0 Å². The van der Waals surface area contributed by atoms with Gasteiger partial charge in [0.2, 0.25) is 5.60 Å². The van der Waals surface area contributed by atoms with Gasteiger partial charge in [0, 0.05) is 0 Å². The number of halogens is 3. The molecule has 0 bridgehead atoms. The average Bonchev–Trinajstić information content (AvgIpc) is 2.48. The highest BCUT2D eigenvalue weighted by Gasteiger charge is 2.56. The third kappa shape index (κ3) is 3.88. The lowest BCUT2D eigenvalue weighted by Gasteiger charge is -2.32. The zero-order valence-electron chi connectivity index (χ0n) is 14.3. The SMILES string of the molecule is Cc1ccc(S(=O)(=O)OC(C)(c2ccc(C)c(C)c2)C(F)(F)F)cc1. The maximum absolute atomic E-state index is 13.7. The first-order valence-electron chi connectivity index (χ1n) is 7.53. The highest BCUT2D eigenvalue weighted by atomic mass is 32.2. The van der Waals surface area contributed by atoms with Crippen LogP contribution in [0, 0.1) is 20.8 Å². The number of benzene rings is 2. The molecule has 0 radical (unpaired) electrons. The number of hydrogen-bond acceptors (Lipinski definition) is 3. The van der Waals surface area contributed by atoms with Crippen molar-refractivity contribution in [2.75, 3.05) is 0 Å². The summed E-state index contributed by atoms with van der Waals surface area (Å²) >= 11 is 0. The molecule has 25 heavy (non-hydrogen) atoms. The maximum atomic E-state index is 13.7. The Labute approximate surface area is 145 Å². The lowest BCUT2D eigenvalue weighted by molar-refractivity contribution is -0.246. The molecule has 1 atom stereocenters. The average molecular weight is 372 g/mol. The lowest BCUT2D eigenvalue weighted by Crippen LogP contribution is -2.43. The number of alkyl halides is 3. The van der Waals surface area contributed by atoms with Gasteiger partial charge in [-0.05, 0) is 56.5 Å². The Hall–Kier alpha value is -1.86. The van der Waals surface area contributed by atoms with Crippen LogP contribution in [0.2, 0.25) is 0 Å². The Morgan fingerprint density at radius 2 is 1.44 bits per heavy atom. The highest BCUT2D eigenvalue weighted by Crippen LogP contribution is 2.44. The predicted molar refractivity (Wildman–Crippen MR) is 88.8 cm³/mol. The van der Waals surface area contributed by atoms with Crippen molar-refractivity contribution >= 4 is 10.1 Å². The summed E-state index contributed by atoms with van der Waals surface area (Å²) in [5, 5.41) is 0. The number of aryl methyl sites for hydroxylation is 3. The first kappa shape index (κ1) is 19.5. The third-order valence-corrected chi connectivity index (χ3v) is 5.59. The van der Waals surface area contributed by atoms with Crippen LogP contribution in [0.3, 0.4) is 0 Å². The topological polar surface area (TPSA) is 43.4 Å². The van der Waals surface area contributed by atoms with Crippen LogP contribution < -0.4 is 0 Å². The van der Waals surface area contributed by atoms with Crippen molar-refractivity contribution in [3.05, 3.63) is 64.7 Å². The van der Waals surface area contributed by atoms with Gasteiger partial charge >= 0.3 is 6.18 Å². The molecule has 3 nitrogen and oxygen atoms in total. The minimum absolute atomic E-state index is 0.265. The van der Waals surface area contributed by atoms with E-state index in [4.69, 9.17) is 4.18 Å². The van der Waals surface area contributed by atoms with Crippen LogP contribution >= 0.6 is 0 Å². The monoisotopic (exact) mass is 372 g/mol. The molecular formula is C18H19F3O3S. The fourth-order valence-electron chi connectivity index (χ4n) is 2.27. The van der Waals surface area contributed by atoms with E-state index in [-0.39, 0.29) is 10.5 Å². The van der Waals surface area contributed by atoms with Crippen molar-refractivity contribution in [2.24, 2.45) is 0 Å². The summed E-state index contributed by atoms with van der Waals surface area (Å²) in [4.78, 5) is -0.322. The predicted octanol–water partition coefficient (Wildman–Crippen LogP) is 4.79. The van der Waals surface area contributed by atoms with E-state index in [1.54, 1.807) is 20.8 Å². The minimum atomic E-state index is -4.92. The lowest BCUT2D eigenvalue weighted by atomic mass is 9.92. The van der Waals surface area contributed by atoms with Gasteiger partial charge in [0.1, 0.15) is 0 Å². The van der Waals surface area contributed by atoms with Crippen molar-refractivity contribution in [1.29, 1.82) is 0 Å². The smallest absolute Gasteiger partial charge is 0.245 e. The van der Waals surface area contributed by atoms with Gasteiger partial charge in [-0.3, -0.25) is 0 Å². The van der Waals surface area contributed by atoms with Gasteiger partial charge in [0.15, 0.2) is 0 Å². The largest absolute Gasteiger partial charge is 0.422 e. The summed E-state index contributed by atoms with van der Waals surface area (Å²) in [6, 6.07) is 9.49. The summed E-state index contributed by atoms with van der Waals surface area (Å²) in [6.07, 6.45) is -4.92. The van der Waals surface area contributed by atoms with Crippen LogP contribution in [0.5, 0.6) is 0 Å². The van der Waals surface area contributed by atoms with E-state index >= 15 is 0 Å². The van der Waals surface area contributed by atoms with Crippen LogP contribution in [0.4, 0.5) is 13.2 Å². The van der Waals surface area contributed by atoms with Crippen molar-refractivity contribution in [2.45, 2.75) is 44.4 Å². The molecule has 0 aliphatic carbocycles. The molecule has 1 unspecified atom stereocenters. The van der Waals surface area contributed by atoms with Crippen molar-refractivity contribution < 1.29 is 25.8 Å². The second-order valence-corrected chi connectivity index (χ2v) is 7.73. The molecule has 2 aromatic carbocycles.